The number of ether oxygens (including phenoxy) is 4. The molecule has 3 rings (SSSR count). The van der Waals surface area contributed by atoms with Gasteiger partial charge in [0.05, 0.1) is 6.61 Å². The van der Waals surface area contributed by atoms with E-state index >= 15 is 0 Å². The first kappa shape index (κ1) is 9.06. The molecule has 3 heterocycles. The number of aliphatic hydroxyl groups excluding tert-OH is 1. The Bertz CT molecular complexity index is 248. The van der Waals surface area contributed by atoms with Gasteiger partial charge in [-0.3, -0.25) is 0 Å². The topological polar surface area (TPSA) is 60.5 Å². The van der Waals surface area contributed by atoms with Crippen LogP contribution < -0.4 is 0 Å². The molecule has 0 spiro atoms. The highest BCUT2D eigenvalue weighted by molar-refractivity contribution is 4.98. The van der Waals surface area contributed by atoms with E-state index in [1.54, 1.807) is 0 Å². The summed E-state index contributed by atoms with van der Waals surface area (Å²) in [5.74, 6) is -0.661. The van der Waals surface area contributed by atoms with Gasteiger partial charge in [0.2, 0.25) is 0 Å². The Hall–Kier alpha value is -0.200. The number of fused-ring (bicyclic) bond motifs is 1. The molecule has 14 heavy (non-hydrogen) atoms. The van der Waals surface area contributed by atoms with Gasteiger partial charge in [0, 0.05) is 0 Å². The summed E-state index contributed by atoms with van der Waals surface area (Å²) < 4.78 is 21.7. The van der Waals surface area contributed by atoms with E-state index in [-0.39, 0.29) is 18.3 Å². The molecule has 3 aliphatic heterocycles. The largest absolute Gasteiger partial charge is 0.387 e. The van der Waals surface area contributed by atoms with Crippen molar-refractivity contribution in [3.05, 3.63) is 0 Å². The summed E-state index contributed by atoms with van der Waals surface area (Å²) in [5, 5.41) is 9.89. The smallest absolute Gasteiger partial charge is 0.190 e. The molecule has 0 bridgehead atoms. The fraction of sp³-hybridized carbons (Fsp3) is 1.00. The molecular formula is C9H14O5. The second-order valence-electron chi connectivity index (χ2n) is 4.43. The van der Waals surface area contributed by atoms with Gasteiger partial charge >= 0.3 is 0 Å². The third-order valence-corrected chi connectivity index (χ3v) is 2.78. The van der Waals surface area contributed by atoms with Crippen molar-refractivity contribution in [1.29, 1.82) is 0 Å². The summed E-state index contributed by atoms with van der Waals surface area (Å²) in [6, 6.07) is 0. The lowest BCUT2D eigenvalue weighted by Crippen LogP contribution is -2.37. The van der Waals surface area contributed by atoms with Crippen molar-refractivity contribution >= 4 is 0 Å². The summed E-state index contributed by atoms with van der Waals surface area (Å²) >= 11 is 0. The van der Waals surface area contributed by atoms with Crippen LogP contribution in [0.4, 0.5) is 0 Å². The highest BCUT2D eigenvalue weighted by atomic mass is 16.8. The predicted octanol–water partition coefficient (Wildman–Crippen LogP) is -0.378. The SMILES string of the molecule is CC1(C)O[C@H]2O[C@H]([C@H]3CO3)[C@@H](O)[C@H]2O1. The second kappa shape index (κ2) is 2.68. The molecular weight excluding hydrogens is 188 g/mol. The zero-order chi connectivity index (χ0) is 9.92. The van der Waals surface area contributed by atoms with E-state index in [4.69, 9.17) is 18.9 Å². The molecule has 0 aliphatic carbocycles. The monoisotopic (exact) mass is 202 g/mol. The maximum atomic E-state index is 9.89. The fourth-order valence-electron chi connectivity index (χ4n) is 2.07. The van der Waals surface area contributed by atoms with Crippen LogP contribution in [-0.4, -0.2) is 48.2 Å². The average Bonchev–Trinajstić information content (AvgIpc) is 2.81. The number of aliphatic hydroxyl groups is 1. The van der Waals surface area contributed by atoms with Crippen molar-refractivity contribution in [2.45, 2.75) is 50.3 Å². The van der Waals surface area contributed by atoms with Gasteiger partial charge < -0.3 is 24.1 Å². The predicted molar refractivity (Wildman–Crippen MR) is 44.4 cm³/mol. The first-order valence-corrected chi connectivity index (χ1v) is 4.88. The van der Waals surface area contributed by atoms with Crippen LogP contribution in [-0.2, 0) is 18.9 Å². The summed E-state index contributed by atoms with van der Waals surface area (Å²) in [4.78, 5) is 0. The summed E-state index contributed by atoms with van der Waals surface area (Å²) in [5.41, 5.74) is 0. The first-order chi connectivity index (χ1) is 6.57. The Balaban J connectivity index is 1.74. The van der Waals surface area contributed by atoms with Crippen LogP contribution >= 0.6 is 0 Å². The normalized spacial score (nSPS) is 54.6. The molecule has 0 aromatic heterocycles. The van der Waals surface area contributed by atoms with E-state index in [0.717, 1.165) is 0 Å². The zero-order valence-corrected chi connectivity index (χ0v) is 8.17. The van der Waals surface area contributed by atoms with Gasteiger partial charge in [0.15, 0.2) is 12.1 Å². The Morgan fingerprint density at radius 1 is 1.21 bits per heavy atom. The number of hydrogen-bond donors (Lipinski definition) is 1. The van der Waals surface area contributed by atoms with Crippen LogP contribution in [0.2, 0.25) is 0 Å². The Kier molecular flexibility index (Phi) is 1.73. The van der Waals surface area contributed by atoms with Gasteiger partial charge in [-0.15, -0.1) is 0 Å². The molecule has 5 nitrogen and oxygen atoms in total. The van der Waals surface area contributed by atoms with Crippen molar-refractivity contribution in [1.82, 2.24) is 0 Å². The average molecular weight is 202 g/mol. The van der Waals surface area contributed by atoms with Crippen LogP contribution in [0.5, 0.6) is 0 Å². The van der Waals surface area contributed by atoms with E-state index in [0.29, 0.717) is 6.61 Å². The summed E-state index contributed by atoms with van der Waals surface area (Å²) in [6.45, 7) is 4.28. The van der Waals surface area contributed by atoms with Crippen molar-refractivity contribution in [3.8, 4) is 0 Å². The van der Waals surface area contributed by atoms with Gasteiger partial charge in [0.25, 0.3) is 0 Å². The molecule has 3 aliphatic rings. The van der Waals surface area contributed by atoms with Crippen molar-refractivity contribution in [3.63, 3.8) is 0 Å². The number of hydrogen-bond acceptors (Lipinski definition) is 5. The van der Waals surface area contributed by atoms with Gasteiger partial charge in [-0.2, -0.15) is 0 Å². The van der Waals surface area contributed by atoms with Crippen LogP contribution in [0.1, 0.15) is 13.8 Å². The molecule has 0 aromatic carbocycles. The second-order valence-corrected chi connectivity index (χ2v) is 4.43. The third kappa shape index (κ3) is 1.28. The Labute approximate surface area is 81.9 Å². The van der Waals surface area contributed by atoms with Crippen LogP contribution in [0.3, 0.4) is 0 Å². The summed E-state index contributed by atoms with van der Waals surface area (Å²) in [7, 11) is 0. The van der Waals surface area contributed by atoms with Gasteiger partial charge in [-0.25, -0.2) is 0 Å². The highest BCUT2D eigenvalue weighted by Crippen LogP contribution is 2.40. The molecule has 0 amide bonds. The third-order valence-electron chi connectivity index (χ3n) is 2.78. The summed E-state index contributed by atoms with van der Waals surface area (Å²) in [6.07, 6.45) is -1.74. The minimum absolute atomic E-state index is 0.0194. The first-order valence-electron chi connectivity index (χ1n) is 4.88. The quantitative estimate of drug-likeness (QED) is 0.587. The fourth-order valence-corrected chi connectivity index (χ4v) is 2.07. The van der Waals surface area contributed by atoms with Crippen molar-refractivity contribution in [2.75, 3.05) is 6.61 Å². The van der Waals surface area contributed by atoms with E-state index in [2.05, 4.69) is 0 Å². The standard InChI is InChI=1S/C9H14O5/c1-9(2)13-7-5(10)6(4-3-11-4)12-8(7)14-9/h4-8,10H,3H2,1-2H3/t4-,5-,6-,7-,8-/m1/s1. The lowest BCUT2D eigenvalue weighted by atomic mass is 10.1. The molecule has 1 N–H and O–H groups in total. The van der Waals surface area contributed by atoms with E-state index in [9.17, 15) is 5.11 Å². The van der Waals surface area contributed by atoms with Gasteiger partial charge in [-0.05, 0) is 13.8 Å². The number of rotatable bonds is 1. The lowest BCUT2D eigenvalue weighted by Gasteiger charge is -2.21. The van der Waals surface area contributed by atoms with Crippen molar-refractivity contribution in [2.24, 2.45) is 0 Å². The van der Waals surface area contributed by atoms with Crippen LogP contribution in [0, 0.1) is 0 Å². The molecule has 0 aromatic rings. The Morgan fingerprint density at radius 3 is 2.50 bits per heavy atom. The molecule has 0 saturated carbocycles. The van der Waals surface area contributed by atoms with E-state index in [1.165, 1.54) is 0 Å². The molecule has 0 radical (unpaired) electrons. The molecule has 3 saturated heterocycles. The minimum Gasteiger partial charge on any atom is -0.387 e. The lowest BCUT2D eigenvalue weighted by molar-refractivity contribution is -0.216. The van der Waals surface area contributed by atoms with E-state index in [1.807, 2.05) is 13.8 Å². The molecule has 5 heteroatoms. The van der Waals surface area contributed by atoms with Crippen molar-refractivity contribution < 1.29 is 24.1 Å². The highest BCUT2D eigenvalue weighted by Gasteiger charge is 2.58. The molecule has 0 unspecified atom stereocenters. The maximum Gasteiger partial charge on any atom is 0.190 e. The van der Waals surface area contributed by atoms with Crippen LogP contribution in [0.15, 0.2) is 0 Å². The zero-order valence-electron chi connectivity index (χ0n) is 8.17. The van der Waals surface area contributed by atoms with Gasteiger partial charge in [0.1, 0.15) is 24.4 Å². The maximum absolute atomic E-state index is 9.89. The Morgan fingerprint density at radius 2 is 1.93 bits per heavy atom. The van der Waals surface area contributed by atoms with Crippen LogP contribution in [0.25, 0.3) is 0 Å². The molecule has 3 fully saturated rings. The van der Waals surface area contributed by atoms with E-state index < -0.39 is 18.2 Å². The van der Waals surface area contributed by atoms with Gasteiger partial charge in [-0.1, -0.05) is 0 Å². The molecule has 5 atom stereocenters. The number of epoxide rings is 1. The minimum atomic E-state index is -0.661. The molecule has 80 valence electrons.